The normalized spacial score (nSPS) is 17.1. The van der Waals surface area contributed by atoms with E-state index >= 15 is 0 Å². The highest BCUT2D eigenvalue weighted by Crippen LogP contribution is 2.32. The molecule has 6 nitrogen and oxygen atoms in total. The number of thiophene rings is 2. The zero-order valence-electron chi connectivity index (χ0n) is 14.6. The van der Waals surface area contributed by atoms with E-state index in [1.165, 1.54) is 33.1 Å². The van der Waals surface area contributed by atoms with Crippen LogP contribution in [-0.4, -0.2) is 23.8 Å². The Balaban J connectivity index is 1.51. The van der Waals surface area contributed by atoms with Crippen LogP contribution in [0.4, 0.5) is 0 Å². The number of carbonyl (C=O) groups excluding carboxylic acids is 3. The molecule has 0 aliphatic heterocycles. The van der Waals surface area contributed by atoms with Crippen molar-refractivity contribution in [3.8, 4) is 0 Å². The van der Waals surface area contributed by atoms with Gasteiger partial charge in [-0.25, -0.2) is 0 Å². The number of rotatable bonds is 4. The number of hydrogen-bond acceptors (Lipinski definition) is 5. The van der Waals surface area contributed by atoms with Crippen molar-refractivity contribution in [1.29, 1.82) is 0 Å². The molecule has 0 bridgehead atoms. The second kappa shape index (κ2) is 8.01. The van der Waals surface area contributed by atoms with Crippen molar-refractivity contribution in [2.24, 2.45) is 5.92 Å². The Labute approximate surface area is 160 Å². The number of fused-ring (bicyclic) bond motifs is 1. The lowest BCUT2D eigenvalue weighted by atomic mass is 9.90. The lowest BCUT2D eigenvalue weighted by Gasteiger charge is -2.16. The lowest BCUT2D eigenvalue weighted by molar-refractivity contribution is -0.123. The van der Waals surface area contributed by atoms with Crippen LogP contribution in [-0.2, 0) is 17.6 Å². The maximum atomic E-state index is 12.3. The molecule has 0 spiro atoms. The van der Waals surface area contributed by atoms with Crippen LogP contribution in [0, 0.1) is 5.92 Å². The average Bonchev–Trinajstić information content (AvgIpc) is 3.28. The SMILES string of the molecule is CC1CCc2sc(C(=O)NNC(=O)C(C)NC(=O)c3cccs3)cc2C1. The van der Waals surface area contributed by atoms with Gasteiger partial charge in [0.05, 0.1) is 9.75 Å². The molecule has 3 amide bonds. The minimum atomic E-state index is -0.762. The highest BCUT2D eigenvalue weighted by molar-refractivity contribution is 7.14. The van der Waals surface area contributed by atoms with Gasteiger partial charge < -0.3 is 5.32 Å². The first-order valence-electron chi connectivity index (χ1n) is 8.50. The summed E-state index contributed by atoms with van der Waals surface area (Å²) in [5.74, 6) is -0.477. The predicted octanol–water partition coefficient (Wildman–Crippen LogP) is 2.51. The number of hydrazine groups is 1. The number of aryl methyl sites for hydroxylation is 1. The fraction of sp³-hybridized carbons (Fsp3) is 0.389. The van der Waals surface area contributed by atoms with Crippen LogP contribution in [0.25, 0.3) is 0 Å². The Morgan fingerprint density at radius 3 is 2.73 bits per heavy atom. The molecule has 3 rings (SSSR count). The summed E-state index contributed by atoms with van der Waals surface area (Å²) >= 11 is 2.78. The number of hydrogen-bond donors (Lipinski definition) is 3. The summed E-state index contributed by atoms with van der Waals surface area (Å²) < 4.78 is 0. The summed E-state index contributed by atoms with van der Waals surface area (Å²) in [5, 5.41) is 4.39. The van der Waals surface area contributed by atoms with Gasteiger partial charge in [-0.2, -0.15) is 0 Å². The van der Waals surface area contributed by atoms with Gasteiger partial charge >= 0.3 is 0 Å². The molecule has 2 atom stereocenters. The average molecular weight is 392 g/mol. The van der Waals surface area contributed by atoms with Gasteiger partial charge in [0.25, 0.3) is 17.7 Å². The van der Waals surface area contributed by atoms with Crippen molar-refractivity contribution < 1.29 is 14.4 Å². The molecule has 2 aromatic heterocycles. The zero-order valence-corrected chi connectivity index (χ0v) is 16.3. The van der Waals surface area contributed by atoms with E-state index in [4.69, 9.17) is 0 Å². The molecule has 2 aromatic rings. The maximum Gasteiger partial charge on any atom is 0.279 e. The first-order valence-corrected chi connectivity index (χ1v) is 10.2. The number of nitrogens with one attached hydrogen (secondary N) is 3. The largest absolute Gasteiger partial charge is 0.340 e. The third-order valence-corrected chi connectivity index (χ3v) is 6.44. The molecule has 0 saturated heterocycles. The minimum absolute atomic E-state index is 0.311. The molecule has 3 N–H and O–H groups in total. The van der Waals surface area contributed by atoms with Gasteiger partial charge in [0, 0.05) is 4.88 Å². The molecule has 0 aromatic carbocycles. The smallest absolute Gasteiger partial charge is 0.279 e. The van der Waals surface area contributed by atoms with Crippen molar-refractivity contribution in [2.75, 3.05) is 0 Å². The standard InChI is InChI=1S/C18H21N3O3S2/c1-10-5-6-13-12(8-10)9-15(26-13)18(24)21-20-16(22)11(2)19-17(23)14-4-3-7-25-14/h3-4,7,9-11H,5-6,8H2,1-2H3,(H,19,23)(H,20,22)(H,21,24). The molecular formula is C18H21N3O3S2. The molecule has 0 radical (unpaired) electrons. The van der Waals surface area contributed by atoms with E-state index in [0.717, 1.165) is 19.3 Å². The van der Waals surface area contributed by atoms with E-state index in [-0.39, 0.29) is 11.8 Å². The van der Waals surface area contributed by atoms with Crippen LogP contribution in [0.3, 0.4) is 0 Å². The lowest BCUT2D eigenvalue weighted by Crippen LogP contribution is -2.50. The van der Waals surface area contributed by atoms with Crippen LogP contribution in [0.2, 0.25) is 0 Å². The quantitative estimate of drug-likeness (QED) is 0.700. The summed E-state index contributed by atoms with van der Waals surface area (Å²) in [4.78, 5) is 38.7. The molecule has 8 heteroatoms. The summed E-state index contributed by atoms with van der Waals surface area (Å²) in [7, 11) is 0. The fourth-order valence-corrected chi connectivity index (χ4v) is 4.58. The molecule has 2 heterocycles. The van der Waals surface area contributed by atoms with E-state index in [9.17, 15) is 14.4 Å². The van der Waals surface area contributed by atoms with Gasteiger partial charge in [0.15, 0.2) is 0 Å². The van der Waals surface area contributed by atoms with Gasteiger partial charge in [-0.1, -0.05) is 13.0 Å². The third-order valence-electron chi connectivity index (χ3n) is 4.34. The predicted molar refractivity (Wildman–Crippen MR) is 102 cm³/mol. The van der Waals surface area contributed by atoms with Crippen molar-refractivity contribution in [3.63, 3.8) is 0 Å². The van der Waals surface area contributed by atoms with Gasteiger partial charge in [-0.15, -0.1) is 22.7 Å². The molecule has 1 aliphatic rings. The van der Waals surface area contributed by atoms with Crippen molar-refractivity contribution in [1.82, 2.24) is 16.2 Å². The molecule has 2 unspecified atom stereocenters. The van der Waals surface area contributed by atoms with E-state index in [0.29, 0.717) is 15.7 Å². The summed E-state index contributed by atoms with van der Waals surface area (Å²) in [6.07, 6.45) is 3.15. The first kappa shape index (κ1) is 18.6. The summed E-state index contributed by atoms with van der Waals surface area (Å²) in [6.45, 7) is 3.78. The highest BCUT2D eigenvalue weighted by Gasteiger charge is 2.22. The second-order valence-corrected chi connectivity index (χ2v) is 8.61. The van der Waals surface area contributed by atoms with Crippen LogP contribution in [0.15, 0.2) is 23.6 Å². The van der Waals surface area contributed by atoms with Crippen LogP contribution in [0.5, 0.6) is 0 Å². The topological polar surface area (TPSA) is 87.3 Å². The van der Waals surface area contributed by atoms with E-state index in [1.54, 1.807) is 24.4 Å². The van der Waals surface area contributed by atoms with Crippen LogP contribution in [0.1, 0.15) is 50.1 Å². The highest BCUT2D eigenvalue weighted by atomic mass is 32.1. The molecular weight excluding hydrogens is 370 g/mol. The van der Waals surface area contributed by atoms with Crippen molar-refractivity contribution >= 4 is 40.4 Å². The molecule has 0 saturated carbocycles. The van der Waals surface area contributed by atoms with Crippen LogP contribution < -0.4 is 16.2 Å². The maximum absolute atomic E-state index is 12.3. The Bertz CT molecular complexity index is 814. The van der Waals surface area contributed by atoms with Gasteiger partial charge in [0.2, 0.25) is 0 Å². The first-order chi connectivity index (χ1) is 12.4. The monoisotopic (exact) mass is 391 g/mol. The molecule has 138 valence electrons. The Morgan fingerprint density at radius 1 is 1.19 bits per heavy atom. The minimum Gasteiger partial charge on any atom is -0.340 e. The number of carbonyl (C=O) groups is 3. The summed E-state index contributed by atoms with van der Waals surface area (Å²) in [6, 6.07) is 4.61. The van der Waals surface area contributed by atoms with E-state index in [1.807, 2.05) is 6.07 Å². The molecule has 26 heavy (non-hydrogen) atoms. The number of amides is 3. The van der Waals surface area contributed by atoms with Gasteiger partial charge in [0.1, 0.15) is 6.04 Å². The Kier molecular flexibility index (Phi) is 5.73. The van der Waals surface area contributed by atoms with Gasteiger partial charge in [-0.3, -0.25) is 25.2 Å². The van der Waals surface area contributed by atoms with E-state index < -0.39 is 11.9 Å². The zero-order chi connectivity index (χ0) is 18.7. The fourth-order valence-electron chi connectivity index (χ4n) is 2.85. The van der Waals surface area contributed by atoms with Crippen LogP contribution >= 0.6 is 22.7 Å². The molecule has 0 fully saturated rings. The van der Waals surface area contributed by atoms with Gasteiger partial charge in [-0.05, 0) is 55.2 Å². The molecule has 1 aliphatic carbocycles. The third kappa shape index (κ3) is 4.31. The van der Waals surface area contributed by atoms with Crippen molar-refractivity contribution in [3.05, 3.63) is 43.8 Å². The Morgan fingerprint density at radius 2 is 2.00 bits per heavy atom. The van der Waals surface area contributed by atoms with E-state index in [2.05, 4.69) is 23.1 Å². The van der Waals surface area contributed by atoms with Crippen molar-refractivity contribution in [2.45, 2.75) is 39.2 Å². The summed E-state index contributed by atoms with van der Waals surface area (Å²) in [5.41, 5.74) is 6.05. The Hall–Kier alpha value is -2.19. The second-order valence-electron chi connectivity index (χ2n) is 6.52.